The largest absolute Gasteiger partial charge is 0.312 e. The Morgan fingerprint density at radius 2 is 1.65 bits per heavy atom. The second-order valence-electron chi connectivity index (χ2n) is 4.74. The number of rotatable bonds is 1. The summed E-state index contributed by atoms with van der Waals surface area (Å²) in [6.07, 6.45) is 0. The molecule has 2 aromatic carbocycles. The normalized spacial score (nSPS) is 18.8. The van der Waals surface area contributed by atoms with Crippen molar-refractivity contribution in [3.8, 4) is 0 Å². The first-order valence-electron chi connectivity index (χ1n) is 6.20. The quantitative estimate of drug-likeness (QED) is 0.782. The van der Waals surface area contributed by atoms with Crippen LogP contribution in [-0.2, 0) is 6.54 Å². The molecule has 3 rings (SSSR count). The van der Waals surface area contributed by atoms with Crippen molar-refractivity contribution in [2.45, 2.75) is 19.4 Å². The Morgan fingerprint density at radius 3 is 2.47 bits per heavy atom. The van der Waals surface area contributed by atoms with Crippen LogP contribution in [0.4, 0.5) is 0 Å². The number of fused-ring (bicyclic) bond motifs is 1. The Kier molecular flexibility index (Phi) is 2.69. The van der Waals surface area contributed by atoms with Gasteiger partial charge in [0.25, 0.3) is 0 Å². The van der Waals surface area contributed by atoms with E-state index in [2.05, 4.69) is 60.8 Å². The summed E-state index contributed by atoms with van der Waals surface area (Å²) >= 11 is 0. The van der Waals surface area contributed by atoms with Gasteiger partial charge in [0.15, 0.2) is 0 Å². The van der Waals surface area contributed by atoms with E-state index in [1.165, 1.54) is 22.3 Å². The second kappa shape index (κ2) is 4.34. The molecular weight excluding hydrogens is 206 g/mol. The van der Waals surface area contributed by atoms with E-state index in [-0.39, 0.29) is 0 Å². The molecule has 0 aromatic heterocycles. The highest BCUT2D eigenvalue weighted by molar-refractivity contribution is 5.42. The second-order valence-corrected chi connectivity index (χ2v) is 4.74. The Bertz CT molecular complexity index is 531. The van der Waals surface area contributed by atoms with Crippen molar-refractivity contribution in [1.29, 1.82) is 0 Å². The van der Waals surface area contributed by atoms with E-state index >= 15 is 0 Å². The summed E-state index contributed by atoms with van der Waals surface area (Å²) in [6, 6.07) is 17.5. The zero-order valence-electron chi connectivity index (χ0n) is 10.1. The van der Waals surface area contributed by atoms with Crippen molar-refractivity contribution in [3.05, 3.63) is 70.8 Å². The topological polar surface area (TPSA) is 12.0 Å². The van der Waals surface area contributed by atoms with Crippen LogP contribution in [0.15, 0.2) is 48.5 Å². The predicted molar refractivity (Wildman–Crippen MR) is 71.2 cm³/mol. The van der Waals surface area contributed by atoms with E-state index in [4.69, 9.17) is 0 Å². The molecule has 1 heteroatoms. The summed E-state index contributed by atoms with van der Waals surface area (Å²) in [6.45, 7) is 4.24. The van der Waals surface area contributed by atoms with Gasteiger partial charge in [0.2, 0.25) is 0 Å². The standard InChI is InChI=1S/C16H17N/c1-12-6-2-4-8-14(12)16-11-17-10-13-7-3-5-9-15(13)16/h2-9,16-17H,10-11H2,1H3. The first kappa shape index (κ1) is 10.5. The molecule has 1 aliphatic rings. The lowest BCUT2D eigenvalue weighted by Gasteiger charge is -2.27. The highest BCUT2D eigenvalue weighted by atomic mass is 14.9. The van der Waals surface area contributed by atoms with Crippen LogP contribution >= 0.6 is 0 Å². The highest BCUT2D eigenvalue weighted by Crippen LogP contribution is 2.31. The van der Waals surface area contributed by atoms with Gasteiger partial charge in [-0.15, -0.1) is 0 Å². The molecule has 1 aliphatic heterocycles. The lowest BCUT2D eigenvalue weighted by Crippen LogP contribution is -2.29. The highest BCUT2D eigenvalue weighted by Gasteiger charge is 2.21. The lowest BCUT2D eigenvalue weighted by molar-refractivity contribution is 0.590. The third-order valence-electron chi connectivity index (χ3n) is 3.66. The van der Waals surface area contributed by atoms with E-state index in [0.717, 1.165) is 13.1 Å². The van der Waals surface area contributed by atoms with Crippen LogP contribution in [0.25, 0.3) is 0 Å². The van der Waals surface area contributed by atoms with Gasteiger partial charge in [0.1, 0.15) is 0 Å². The van der Waals surface area contributed by atoms with Crippen molar-refractivity contribution in [2.24, 2.45) is 0 Å². The zero-order chi connectivity index (χ0) is 11.7. The van der Waals surface area contributed by atoms with E-state index in [0.29, 0.717) is 5.92 Å². The molecule has 1 unspecified atom stereocenters. The molecule has 0 aliphatic carbocycles. The SMILES string of the molecule is Cc1ccccc1C1CNCc2ccccc21. The minimum absolute atomic E-state index is 0.501. The third-order valence-corrected chi connectivity index (χ3v) is 3.66. The molecule has 0 fully saturated rings. The zero-order valence-corrected chi connectivity index (χ0v) is 10.1. The summed E-state index contributed by atoms with van der Waals surface area (Å²) in [4.78, 5) is 0. The maximum Gasteiger partial charge on any atom is 0.0220 e. The average molecular weight is 223 g/mol. The van der Waals surface area contributed by atoms with Crippen molar-refractivity contribution in [2.75, 3.05) is 6.54 Å². The number of aryl methyl sites for hydroxylation is 1. The molecule has 0 radical (unpaired) electrons. The Morgan fingerprint density at radius 1 is 0.941 bits per heavy atom. The van der Waals surface area contributed by atoms with Gasteiger partial charge in [0, 0.05) is 19.0 Å². The molecule has 0 bridgehead atoms. The summed E-state index contributed by atoms with van der Waals surface area (Å²) in [7, 11) is 0. The van der Waals surface area contributed by atoms with Crippen LogP contribution in [0.5, 0.6) is 0 Å². The van der Waals surface area contributed by atoms with E-state index in [1.54, 1.807) is 0 Å². The van der Waals surface area contributed by atoms with Gasteiger partial charge in [-0.3, -0.25) is 0 Å². The summed E-state index contributed by atoms with van der Waals surface area (Å²) in [5.74, 6) is 0.501. The van der Waals surface area contributed by atoms with Crippen LogP contribution in [0, 0.1) is 6.92 Å². The fraction of sp³-hybridized carbons (Fsp3) is 0.250. The van der Waals surface area contributed by atoms with E-state index in [9.17, 15) is 0 Å². The molecule has 86 valence electrons. The van der Waals surface area contributed by atoms with E-state index in [1.807, 2.05) is 0 Å². The fourth-order valence-electron chi connectivity index (χ4n) is 2.75. The molecule has 2 aromatic rings. The number of hydrogen-bond donors (Lipinski definition) is 1. The molecule has 0 saturated carbocycles. The van der Waals surface area contributed by atoms with Crippen molar-refractivity contribution < 1.29 is 0 Å². The molecule has 1 nitrogen and oxygen atoms in total. The monoisotopic (exact) mass is 223 g/mol. The number of hydrogen-bond acceptors (Lipinski definition) is 1. The van der Waals surface area contributed by atoms with Crippen molar-refractivity contribution >= 4 is 0 Å². The number of benzene rings is 2. The van der Waals surface area contributed by atoms with Crippen molar-refractivity contribution in [3.63, 3.8) is 0 Å². The van der Waals surface area contributed by atoms with Gasteiger partial charge < -0.3 is 5.32 Å². The van der Waals surface area contributed by atoms with Gasteiger partial charge in [-0.05, 0) is 29.2 Å². The Hall–Kier alpha value is -1.60. The van der Waals surface area contributed by atoms with Gasteiger partial charge in [-0.2, -0.15) is 0 Å². The van der Waals surface area contributed by atoms with E-state index < -0.39 is 0 Å². The van der Waals surface area contributed by atoms with Gasteiger partial charge in [-0.25, -0.2) is 0 Å². The molecule has 1 N–H and O–H groups in total. The molecule has 0 amide bonds. The summed E-state index contributed by atoms with van der Waals surface area (Å²) in [5.41, 5.74) is 5.76. The van der Waals surface area contributed by atoms with Crippen LogP contribution in [-0.4, -0.2) is 6.54 Å². The molecule has 0 saturated heterocycles. The van der Waals surface area contributed by atoms with Gasteiger partial charge in [0.05, 0.1) is 0 Å². The Labute approximate surface area is 102 Å². The van der Waals surface area contributed by atoms with Crippen LogP contribution in [0.3, 0.4) is 0 Å². The summed E-state index contributed by atoms with van der Waals surface area (Å²) in [5, 5.41) is 3.52. The molecule has 17 heavy (non-hydrogen) atoms. The lowest BCUT2D eigenvalue weighted by atomic mass is 9.84. The predicted octanol–water partition coefficient (Wildman–Crippen LogP) is 3.23. The first-order valence-corrected chi connectivity index (χ1v) is 6.20. The fourth-order valence-corrected chi connectivity index (χ4v) is 2.75. The van der Waals surface area contributed by atoms with Crippen LogP contribution in [0.2, 0.25) is 0 Å². The van der Waals surface area contributed by atoms with Gasteiger partial charge in [-0.1, -0.05) is 48.5 Å². The average Bonchev–Trinajstić information content (AvgIpc) is 2.39. The summed E-state index contributed by atoms with van der Waals surface area (Å²) < 4.78 is 0. The van der Waals surface area contributed by atoms with Crippen molar-refractivity contribution in [1.82, 2.24) is 5.32 Å². The molecule has 1 atom stereocenters. The molecular formula is C16H17N. The van der Waals surface area contributed by atoms with Gasteiger partial charge >= 0.3 is 0 Å². The maximum atomic E-state index is 3.52. The number of nitrogens with one attached hydrogen (secondary N) is 1. The third kappa shape index (κ3) is 1.87. The Balaban J connectivity index is 2.09. The van der Waals surface area contributed by atoms with Crippen LogP contribution in [0.1, 0.15) is 28.2 Å². The minimum Gasteiger partial charge on any atom is -0.312 e. The smallest absolute Gasteiger partial charge is 0.0220 e. The maximum absolute atomic E-state index is 3.52. The minimum atomic E-state index is 0.501. The first-order chi connectivity index (χ1) is 8.36. The molecule has 1 heterocycles. The van der Waals surface area contributed by atoms with Crippen LogP contribution < -0.4 is 5.32 Å². The molecule has 0 spiro atoms.